The summed E-state index contributed by atoms with van der Waals surface area (Å²) in [7, 11) is 0. The molecule has 1 heterocycles. The van der Waals surface area contributed by atoms with E-state index in [4.69, 9.17) is 14.7 Å². The minimum atomic E-state index is 0.541. The zero-order valence-corrected chi connectivity index (χ0v) is 7.82. The summed E-state index contributed by atoms with van der Waals surface area (Å²) < 4.78 is 10.8. The van der Waals surface area contributed by atoms with E-state index in [0.717, 1.165) is 23.5 Å². The van der Waals surface area contributed by atoms with Crippen LogP contribution in [-0.2, 0) is 6.42 Å². The molecule has 1 aromatic rings. The van der Waals surface area contributed by atoms with Crippen LogP contribution in [0.5, 0.6) is 11.5 Å². The Morgan fingerprint density at radius 1 is 1.21 bits per heavy atom. The standard InChI is InChI=1S/C11H11NO2/c12-5-1-2-9-3-4-10-11(8-9)14-7-6-13-10/h3-4,8H,1-2,6-7H2. The van der Waals surface area contributed by atoms with Gasteiger partial charge in [0.05, 0.1) is 6.07 Å². The molecule has 0 radical (unpaired) electrons. The van der Waals surface area contributed by atoms with E-state index in [-0.39, 0.29) is 0 Å². The second-order valence-electron chi connectivity index (χ2n) is 3.14. The lowest BCUT2D eigenvalue weighted by molar-refractivity contribution is 0.171. The monoisotopic (exact) mass is 189 g/mol. The molecule has 0 fully saturated rings. The first-order chi connectivity index (χ1) is 6.90. The molecule has 0 atom stereocenters. The van der Waals surface area contributed by atoms with Gasteiger partial charge in [-0.15, -0.1) is 0 Å². The fraction of sp³-hybridized carbons (Fsp3) is 0.364. The maximum absolute atomic E-state index is 8.46. The van der Waals surface area contributed by atoms with Gasteiger partial charge in [-0.2, -0.15) is 5.26 Å². The topological polar surface area (TPSA) is 42.2 Å². The Hall–Kier alpha value is -1.69. The first kappa shape index (κ1) is 8.89. The van der Waals surface area contributed by atoms with E-state index in [1.54, 1.807) is 0 Å². The van der Waals surface area contributed by atoms with Gasteiger partial charge in [-0.05, 0) is 24.1 Å². The summed E-state index contributed by atoms with van der Waals surface area (Å²) in [6.45, 7) is 1.22. The molecule has 1 aliphatic heterocycles. The number of hydrogen-bond acceptors (Lipinski definition) is 3. The Bertz CT molecular complexity index is 368. The van der Waals surface area contributed by atoms with Crippen LogP contribution in [0, 0.1) is 11.3 Å². The van der Waals surface area contributed by atoms with Gasteiger partial charge in [0, 0.05) is 6.42 Å². The molecular formula is C11H11NO2. The smallest absolute Gasteiger partial charge is 0.161 e. The van der Waals surface area contributed by atoms with Crippen LogP contribution < -0.4 is 9.47 Å². The summed E-state index contributed by atoms with van der Waals surface area (Å²) in [5.74, 6) is 1.60. The maximum atomic E-state index is 8.46. The van der Waals surface area contributed by atoms with Gasteiger partial charge < -0.3 is 9.47 Å². The summed E-state index contributed by atoms with van der Waals surface area (Å²) >= 11 is 0. The lowest BCUT2D eigenvalue weighted by atomic mass is 10.1. The van der Waals surface area contributed by atoms with Crippen molar-refractivity contribution in [2.24, 2.45) is 0 Å². The first-order valence-corrected chi connectivity index (χ1v) is 4.65. The molecule has 0 spiro atoms. The van der Waals surface area contributed by atoms with Crippen LogP contribution >= 0.6 is 0 Å². The number of fused-ring (bicyclic) bond motifs is 1. The highest BCUT2D eigenvalue weighted by atomic mass is 16.6. The number of rotatable bonds is 2. The van der Waals surface area contributed by atoms with Crippen LogP contribution in [-0.4, -0.2) is 13.2 Å². The third-order valence-electron chi connectivity index (χ3n) is 2.13. The summed E-state index contributed by atoms with van der Waals surface area (Å²) in [4.78, 5) is 0. The molecule has 1 aliphatic rings. The average molecular weight is 189 g/mol. The number of benzene rings is 1. The molecule has 0 saturated heterocycles. The van der Waals surface area contributed by atoms with Gasteiger partial charge in [0.1, 0.15) is 13.2 Å². The number of hydrogen-bond donors (Lipinski definition) is 0. The highest BCUT2D eigenvalue weighted by molar-refractivity contribution is 5.43. The normalized spacial score (nSPS) is 13.4. The SMILES string of the molecule is N#CCCc1ccc2c(c1)OCCO2. The molecule has 72 valence electrons. The van der Waals surface area contributed by atoms with Crippen LogP contribution in [0.1, 0.15) is 12.0 Å². The van der Waals surface area contributed by atoms with Gasteiger partial charge in [-0.1, -0.05) is 6.07 Å². The Balaban J connectivity index is 2.17. The predicted octanol–water partition coefficient (Wildman–Crippen LogP) is 1.91. The maximum Gasteiger partial charge on any atom is 0.161 e. The van der Waals surface area contributed by atoms with Crippen LogP contribution in [0.2, 0.25) is 0 Å². The number of ether oxygens (including phenoxy) is 2. The van der Waals surface area contributed by atoms with Gasteiger partial charge in [0.25, 0.3) is 0 Å². The fourth-order valence-corrected chi connectivity index (χ4v) is 1.44. The molecule has 3 heteroatoms. The van der Waals surface area contributed by atoms with Crippen molar-refractivity contribution in [1.29, 1.82) is 5.26 Å². The molecule has 0 bridgehead atoms. The van der Waals surface area contributed by atoms with E-state index in [9.17, 15) is 0 Å². The van der Waals surface area contributed by atoms with E-state index in [1.807, 2.05) is 18.2 Å². The summed E-state index contributed by atoms with van der Waals surface area (Å²) in [5.41, 5.74) is 1.12. The quantitative estimate of drug-likeness (QED) is 0.713. The van der Waals surface area contributed by atoms with Gasteiger partial charge in [0.2, 0.25) is 0 Å². The Morgan fingerprint density at radius 3 is 2.79 bits per heavy atom. The predicted molar refractivity (Wildman–Crippen MR) is 51.4 cm³/mol. The zero-order chi connectivity index (χ0) is 9.80. The van der Waals surface area contributed by atoms with Crippen LogP contribution in [0.25, 0.3) is 0 Å². The molecule has 0 N–H and O–H groups in total. The van der Waals surface area contributed by atoms with E-state index in [2.05, 4.69) is 6.07 Å². The third-order valence-corrected chi connectivity index (χ3v) is 2.13. The van der Waals surface area contributed by atoms with Crippen molar-refractivity contribution in [2.75, 3.05) is 13.2 Å². The van der Waals surface area contributed by atoms with Crippen LogP contribution in [0.4, 0.5) is 0 Å². The lowest BCUT2D eigenvalue weighted by Crippen LogP contribution is -2.15. The van der Waals surface area contributed by atoms with Gasteiger partial charge in [0.15, 0.2) is 11.5 Å². The number of aryl methyl sites for hydroxylation is 1. The Kier molecular flexibility index (Phi) is 2.55. The molecule has 0 amide bonds. The van der Waals surface area contributed by atoms with Crippen LogP contribution in [0.3, 0.4) is 0 Å². The van der Waals surface area contributed by atoms with Crippen molar-refractivity contribution in [3.05, 3.63) is 23.8 Å². The highest BCUT2D eigenvalue weighted by Crippen LogP contribution is 2.30. The third kappa shape index (κ3) is 1.80. The molecule has 1 aromatic carbocycles. The van der Waals surface area contributed by atoms with E-state index in [1.165, 1.54) is 0 Å². The molecule has 3 nitrogen and oxygen atoms in total. The van der Waals surface area contributed by atoms with Crippen molar-refractivity contribution in [3.8, 4) is 17.6 Å². The molecule has 14 heavy (non-hydrogen) atoms. The van der Waals surface area contributed by atoms with Crippen molar-refractivity contribution in [3.63, 3.8) is 0 Å². The second-order valence-corrected chi connectivity index (χ2v) is 3.14. The molecule has 0 aliphatic carbocycles. The number of nitriles is 1. The molecular weight excluding hydrogens is 178 g/mol. The average Bonchev–Trinajstić information content (AvgIpc) is 2.26. The van der Waals surface area contributed by atoms with Crippen molar-refractivity contribution >= 4 is 0 Å². The Morgan fingerprint density at radius 2 is 2.00 bits per heavy atom. The largest absolute Gasteiger partial charge is 0.486 e. The molecule has 0 unspecified atom stereocenters. The minimum Gasteiger partial charge on any atom is -0.486 e. The second kappa shape index (κ2) is 4.01. The minimum absolute atomic E-state index is 0.541. The van der Waals surface area contributed by atoms with Crippen LogP contribution in [0.15, 0.2) is 18.2 Å². The summed E-state index contributed by atoms with van der Waals surface area (Å²) in [6.07, 6.45) is 1.31. The summed E-state index contributed by atoms with van der Waals surface area (Å²) in [6, 6.07) is 7.96. The first-order valence-electron chi connectivity index (χ1n) is 4.65. The number of nitrogens with zero attached hydrogens (tertiary/aromatic N) is 1. The van der Waals surface area contributed by atoms with Crippen molar-refractivity contribution in [1.82, 2.24) is 0 Å². The summed E-state index contributed by atoms with van der Waals surface area (Å²) in [5, 5.41) is 8.46. The molecule has 0 saturated carbocycles. The van der Waals surface area contributed by atoms with Gasteiger partial charge >= 0.3 is 0 Å². The Labute approximate surface area is 82.9 Å². The molecule has 2 rings (SSSR count). The van der Waals surface area contributed by atoms with E-state index < -0.39 is 0 Å². The highest BCUT2D eigenvalue weighted by Gasteiger charge is 2.11. The zero-order valence-electron chi connectivity index (χ0n) is 7.82. The van der Waals surface area contributed by atoms with Gasteiger partial charge in [-0.25, -0.2) is 0 Å². The molecule has 0 aromatic heterocycles. The van der Waals surface area contributed by atoms with Crippen molar-refractivity contribution in [2.45, 2.75) is 12.8 Å². The van der Waals surface area contributed by atoms with Gasteiger partial charge in [-0.3, -0.25) is 0 Å². The van der Waals surface area contributed by atoms with Crippen molar-refractivity contribution < 1.29 is 9.47 Å². The van der Waals surface area contributed by atoms with E-state index in [0.29, 0.717) is 19.6 Å². The lowest BCUT2D eigenvalue weighted by Gasteiger charge is -2.18. The van der Waals surface area contributed by atoms with E-state index >= 15 is 0 Å². The fourth-order valence-electron chi connectivity index (χ4n) is 1.44.